The Bertz CT molecular complexity index is 608. The van der Waals surface area contributed by atoms with Crippen molar-refractivity contribution in [2.75, 3.05) is 19.7 Å². The van der Waals surface area contributed by atoms with Crippen LogP contribution in [0.4, 0.5) is 0 Å². The quantitative estimate of drug-likeness (QED) is 0.887. The van der Waals surface area contributed by atoms with Crippen molar-refractivity contribution in [2.45, 2.75) is 26.0 Å². The number of nitrogens with zero attached hydrogens (tertiary/aromatic N) is 5. The van der Waals surface area contributed by atoms with Gasteiger partial charge < -0.3 is 9.64 Å². The fourth-order valence-corrected chi connectivity index (χ4v) is 2.40. The molecule has 1 N–H and O–H groups in total. The third-order valence-electron chi connectivity index (χ3n) is 3.56. The van der Waals surface area contributed by atoms with Gasteiger partial charge in [-0.15, -0.1) is 0 Å². The molecule has 8 heteroatoms. The minimum Gasteiger partial charge on any atom is -0.366 e. The predicted molar refractivity (Wildman–Crippen MR) is 73.3 cm³/mol. The molecule has 0 unspecified atom stereocenters. The predicted octanol–water partition coefficient (Wildman–Crippen LogP) is 0.471. The maximum Gasteiger partial charge on any atom is 0.247 e. The molecule has 1 aliphatic rings. The molecule has 1 amide bonds. The van der Waals surface area contributed by atoms with Crippen molar-refractivity contribution in [3.8, 4) is 0 Å². The summed E-state index contributed by atoms with van der Waals surface area (Å²) in [6, 6.07) is 1.48. The van der Waals surface area contributed by atoms with Gasteiger partial charge in [-0.2, -0.15) is 10.2 Å². The summed E-state index contributed by atoms with van der Waals surface area (Å²) < 4.78 is 7.32. The van der Waals surface area contributed by atoms with Gasteiger partial charge in [-0.1, -0.05) is 0 Å². The number of H-pyrrole nitrogens is 1. The van der Waals surface area contributed by atoms with Crippen LogP contribution in [0.3, 0.4) is 0 Å². The normalized spacial score (nSPS) is 20.5. The van der Waals surface area contributed by atoms with E-state index in [1.54, 1.807) is 22.0 Å². The third kappa shape index (κ3) is 2.80. The molecule has 3 heterocycles. The van der Waals surface area contributed by atoms with Crippen molar-refractivity contribution in [3.05, 3.63) is 30.1 Å². The number of morpholine rings is 1. The number of nitrogens with one attached hydrogen (secondary N) is 1. The van der Waals surface area contributed by atoms with Crippen molar-refractivity contribution in [2.24, 2.45) is 0 Å². The molecule has 112 valence electrons. The molecule has 2 atom stereocenters. The molecule has 2 aromatic rings. The molecule has 3 rings (SSSR count). The Hall–Kier alpha value is -2.22. The maximum atomic E-state index is 12.5. The first-order valence-corrected chi connectivity index (χ1v) is 6.93. The zero-order valence-corrected chi connectivity index (χ0v) is 12.1. The van der Waals surface area contributed by atoms with E-state index < -0.39 is 0 Å². The third-order valence-corrected chi connectivity index (χ3v) is 3.56. The summed E-state index contributed by atoms with van der Waals surface area (Å²) in [6.07, 6.45) is 3.18. The fraction of sp³-hybridized carbons (Fsp3) is 0.538. The molecule has 0 aromatic carbocycles. The van der Waals surface area contributed by atoms with Gasteiger partial charge in [-0.05, 0) is 19.9 Å². The molecule has 21 heavy (non-hydrogen) atoms. The molecular formula is C13H18N6O2. The summed E-state index contributed by atoms with van der Waals surface area (Å²) in [5.41, 5.74) is 0. The monoisotopic (exact) mass is 290 g/mol. The van der Waals surface area contributed by atoms with Crippen LogP contribution in [-0.2, 0) is 9.53 Å². The van der Waals surface area contributed by atoms with Gasteiger partial charge in [0.2, 0.25) is 5.91 Å². The number of amides is 1. The Labute approximate surface area is 122 Å². The highest BCUT2D eigenvalue weighted by atomic mass is 16.5. The first-order valence-electron chi connectivity index (χ1n) is 6.93. The highest BCUT2D eigenvalue weighted by molar-refractivity contribution is 5.80. The SMILES string of the molecule is Cc1nc([C@@H]2CN(C(=O)[C@@H](C)n3cccn3)CCO2)n[nH]1. The first-order chi connectivity index (χ1) is 10.1. The second-order valence-corrected chi connectivity index (χ2v) is 5.08. The molecule has 2 aromatic heterocycles. The number of carbonyl (C=O) groups excluding carboxylic acids is 1. The molecule has 1 saturated heterocycles. The summed E-state index contributed by atoms with van der Waals surface area (Å²) in [5, 5.41) is 11.0. The van der Waals surface area contributed by atoms with E-state index in [9.17, 15) is 4.79 Å². The molecule has 0 radical (unpaired) electrons. The summed E-state index contributed by atoms with van der Waals surface area (Å²) >= 11 is 0. The number of aromatic nitrogens is 5. The zero-order valence-electron chi connectivity index (χ0n) is 12.1. The van der Waals surface area contributed by atoms with E-state index in [1.165, 1.54) is 0 Å². The van der Waals surface area contributed by atoms with E-state index in [0.717, 1.165) is 5.82 Å². The van der Waals surface area contributed by atoms with Crippen molar-refractivity contribution in [1.82, 2.24) is 29.9 Å². The second-order valence-electron chi connectivity index (χ2n) is 5.08. The van der Waals surface area contributed by atoms with Gasteiger partial charge >= 0.3 is 0 Å². The average Bonchev–Trinajstić information content (AvgIpc) is 3.17. The molecular weight excluding hydrogens is 272 g/mol. The van der Waals surface area contributed by atoms with Crippen LogP contribution < -0.4 is 0 Å². The highest BCUT2D eigenvalue weighted by Gasteiger charge is 2.30. The van der Waals surface area contributed by atoms with Crippen LogP contribution in [0.5, 0.6) is 0 Å². The summed E-state index contributed by atoms with van der Waals surface area (Å²) in [7, 11) is 0. The first kappa shape index (κ1) is 13.7. The Kier molecular flexibility index (Phi) is 3.70. The largest absolute Gasteiger partial charge is 0.366 e. The maximum absolute atomic E-state index is 12.5. The van der Waals surface area contributed by atoms with E-state index in [1.807, 2.05) is 19.9 Å². The number of aryl methyl sites for hydroxylation is 1. The lowest BCUT2D eigenvalue weighted by Crippen LogP contribution is -2.45. The smallest absolute Gasteiger partial charge is 0.247 e. The lowest BCUT2D eigenvalue weighted by atomic mass is 10.2. The van der Waals surface area contributed by atoms with Gasteiger partial charge in [0.15, 0.2) is 5.82 Å². The van der Waals surface area contributed by atoms with Crippen molar-refractivity contribution < 1.29 is 9.53 Å². The Balaban J connectivity index is 1.69. The molecule has 1 aliphatic heterocycles. The number of aromatic amines is 1. The molecule has 1 fully saturated rings. The standard InChI is InChI=1S/C13H18N6O2/c1-9(19-5-3-4-14-19)13(20)18-6-7-21-11(8-18)12-15-10(2)16-17-12/h3-5,9,11H,6-8H2,1-2H3,(H,15,16,17)/t9-,11+/m1/s1. The van der Waals surface area contributed by atoms with E-state index >= 15 is 0 Å². The van der Waals surface area contributed by atoms with Crippen LogP contribution in [0.1, 0.15) is 30.7 Å². The fourth-order valence-electron chi connectivity index (χ4n) is 2.40. The summed E-state index contributed by atoms with van der Waals surface area (Å²) in [5.74, 6) is 1.36. The summed E-state index contributed by atoms with van der Waals surface area (Å²) in [6.45, 7) is 5.20. The van der Waals surface area contributed by atoms with Crippen molar-refractivity contribution in [1.29, 1.82) is 0 Å². The number of hydrogen-bond donors (Lipinski definition) is 1. The number of rotatable bonds is 3. The van der Waals surface area contributed by atoms with E-state index in [2.05, 4.69) is 20.3 Å². The number of hydrogen-bond acceptors (Lipinski definition) is 5. The number of carbonyl (C=O) groups is 1. The topological polar surface area (TPSA) is 88.9 Å². The van der Waals surface area contributed by atoms with E-state index in [0.29, 0.717) is 25.5 Å². The van der Waals surface area contributed by atoms with Crippen LogP contribution in [0, 0.1) is 6.92 Å². The van der Waals surface area contributed by atoms with E-state index in [-0.39, 0.29) is 18.1 Å². The van der Waals surface area contributed by atoms with Crippen LogP contribution in [0.15, 0.2) is 18.5 Å². The molecule has 0 saturated carbocycles. The van der Waals surface area contributed by atoms with Gasteiger partial charge in [-0.25, -0.2) is 4.98 Å². The van der Waals surface area contributed by atoms with Gasteiger partial charge in [-0.3, -0.25) is 14.6 Å². The zero-order chi connectivity index (χ0) is 14.8. The van der Waals surface area contributed by atoms with Crippen LogP contribution in [-0.4, -0.2) is 55.5 Å². The Morgan fingerprint density at radius 3 is 3.10 bits per heavy atom. The minimum absolute atomic E-state index is 0.0271. The van der Waals surface area contributed by atoms with Gasteiger partial charge in [0.05, 0.1) is 13.2 Å². The van der Waals surface area contributed by atoms with Crippen molar-refractivity contribution in [3.63, 3.8) is 0 Å². The highest BCUT2D eigenvalue weighted by Crippen LogP contribution is 2.21. The number of ether oxygens (including phenoxy) is 1. The van der Waals surface area contributed by atoms with Crippen LogP contribution >= 0.6 is 0 Å². The Morgan fingerprint density at radius 1 is 1.57 bits per heavy atom. The molecule has 8 nitrogen and oxygen atoms in total. The van der Waals surface area contributed by atoms with Crippen LogP contribution in [0.25, 0.3) is 0 Å². The molecule has 0 spiro atoms. The lowest BCUT2D eigenvalue weighted by molar-refractivity contribution is -0.142. The van der Waals surface area contributed by atoms with E-state index in [4.69, 9.17) is 4.74 Å². The Morgan fingerprint density at radius 2 is 2.43 bits per heavy atom. The van der Waals surface area contributed by atoms with Gasteiger partial charge in [0, 0.05) is 18.9 Å². The van der Waals surface area contributed by atoms with Crippen molar-refractivity contribution >= 4 is 5.91 Å². The van der Waals surface area contributed by atoms with Crippen LogP contribution in [0.2, 0.25) is 0 Å². The van der Waals surface area contributed by atoms with Gasteiger partial charge in [0.25, 0.3) is 0 Å². The minimum atomic E-state index is -0.326. The summed E-state index contributed by atoms with van der Waals surface area (Å²) in [4.78, 5) is 18.6. The second kappa shape index (κ2) is 5.65. The molecule has 0 bridgehead atoms. The average molecular weight is 290 g/mol. The van der Waals surface area contributed by atoms with Gasteiger partial charge in [0.1, 0.15) is 18.0 Å². The lowest BCUT2D eigenvalue weighted by Gasteiger charge is -2.33. The molecule has 0 aliphatic carbocycles.